The zero-order valence-corrected chi connectivity index (χ0v) is 14.7. The summed E-state index contributed by atoms with van der Waals surface area (Å²) in [4.78, 5) is 26.8. The quantitative estimate of drug-likeness (QED) is 0.794. The number of carbonyl (C=O) groups excluding carboxylic acids is 1. The molecule has 1 amide bonds. The molecule has 3 rings (SSSR count). The van der Waals surface area contributed by atoms with Crippen LogP contribution in [0, 0.1) is 0 Å². The maximum Gasteiger partial charge on any atom is 0.355 e. The lowest BCUT2D eigenvalue weighted by molar-refractivity contribution is -0.120. The van der Waals surface area contributed by atoms with E-state index in [4.69, 9.17) is 26.2 Å². The van der Waals surface area contributed by atoms with Gasteiger partial charge in [-0.05, 0) is 17.7 Å². The SMILES string of the molecule is O=C(Cc1cc(Cl)c2c(c1)OCCO2)NCCc1nc(C(=O)O)cs1. The Balaban J connectivity index is 1.52. The van der Waals surface area contributed by atoms with Crippen LogP contribution in [0.1, 0.15) is 21.1 Å². The summed E-state index contributed by atoms with van der Waals surface area (Å²) < 4.78 is 10.9. The molecule has 0 saturated carbocycles. The number of nitrogens with one attached hydrogen (secondary N) is 1. The second-order valence-corrected chi connectivity index (χ2v) is 6.66. The van der Waals surface area contributed by atoms with E-state index in [1.54, 1.807) is 12.1 Å². The highest BCUT2D eigenvalue weighted by Gasteiger charge is 2.17. The van der Waals surface area contributed by atoms with E-state index in [1.165, 1.54) is 16.7 Å². The van der Waals surface area contributed by atoms with Crippen LogP contribution >= 0.6 is 22.9 Å². The first-order chi connectivity index (χ1) is 12.0. The van der Waals surface area contributed by atoms with E-state index in [-0.39, 0.29) is 18.0 Å². The van der Waals surface area contributed by atoms with Crippen LogP contribution in [0.3, 0.4) is 0 Å². The summed E-state index contributed by atoms with van der Waals surface area (Å²) in [5, 5.41) is 14.2. The van der Waals surface area contributed by atoms with Crippen LogP contribution in [-0.4, -0.2) is 41.7 Å². The first-order valence-electron chi connectivity index (χ1n) is 7.55. The molecule has 0 aliphatic carbocycles. The molecule has 0 unspecified atom stereocenters. The Kier molecular flexibility index (Phi) is 5.40. The second-order valence-electron chi connectivity index (χ2n) is 5.31. The smallest absolute Gasteiger partial charge is 0.355 e. The van der Waals surface area contributed by atoms with E-state index in [0.717, 1.165) is 5.56 Å². The molecule has 0 radical (unpaired) electrons. The zero-order chi connectivity index (χ0) is 17.8. The molecule has 0 atom stereocenters. The van der Waals surface area contributed by atoms with Crippen LogP contribution < -0.4 is 14.8 Å². The molecule has 1 aromatic carbocycles. The summed E-state index contributed by atoms with van der Waals surface area (Å²) in [5.74, 6) is -0.162. The number of hydrogen-bond donors (Lipinski definition) is 2. The number of carboxylic acid groups (broad SMARTS) is 1. The van der Waals surface area contributed by atoms with Crippen LogP contribution in [0.4, 0.5) is 0 Å². The molecule has 2 N–H and O–H groups in total. The molecule has 1 aliphatic heterocycles. The summed E-state index contributed by atoms with van der Waals surface area (Å²) in [7, 11) is 0. The van der Waals surface area contributed by atoms with Crippen LogP contribution in [0.5, 0.6) is 11.5 Å². The molecule has 9 heteroatoms. The number of carboxylic acids is 1. The van der Waals surface area contributed by atoms with Gasteiger partial charge >= 0.3 is 5.97 Å². The molecule has 1 aliphatic rings. The molecule has 7 nitrogen and oxygen atoms in total. The fourth-order valence-electron chi connectivity index (χ4n) is 2.35. The van der Waals surface area contributed by atoms with Gasteiger partial charge in [0.05, 0.1) is 16.5 Å². The van der Waals surface area contributed by atoms with Crippen molar-refractivity contribution in [1.82, 2.24) is 10.3 Å². The predicted octanol–water partition coefficient (Wildman–Crippen LogP) is 2.17. The van der Waals surface area contributed by atoms with Crippen LogP contribution in [0.25, 0.3) is 0 Å². The third kappa shape index (κ3) is 4.40. The second kappa shape index (κ2) is 7.71. The zero-order valence-electron chi connectivity index (χ0n) is 13.1. The van der Waals surface area contributed by atoms with Gasteiger partial charge in [-0.1, -0.05) is 11.6 Å². The number of aromatic nitrogens is 1. The number of ether oxygens (including phenoxy) is 2. The number of benzene rings is 1. The van der Waals surface area contributed by atoms with Gasteiger partial charge in [0.25, 0.3) is 0 Å². The highest BCUT2D eigenvalue weighted by atomic mass is 35.5. The minimum Gasteiger partial charge on any atom is -0.486 e. The number of nitrogens with zero attached hydrogens (tertiary/aromatic N) is 1. The maximum absolute atomic E-state index is 12.1. The van der Waals surface area contributed by atoms with Crippen LogP contribution in [0.2, 0.25) is 5.02 Å². The largest absolute Gasteiger partial charge is 0.486 e. The number of carbonyl (C=O) groups is 2. The molecule has 0 saturated heterocycles. The van der Waals surface area contributed by atoms with Crippen molar-refractivity contribution in [2.75, 3.05) is 19.8 Å². The number of fused-ring (bicyclic) bond motifs is 1. The number of thiazole rings is 1. The fourth-order valence-corrected chi connectivity index (χ4v) is 3.41. The van der Waals surface area contributed by atoms with E-state index in [0.29, 0.717) is 47.7 Å². The van der Waals surface area contributed by atoms with E-state index in [1.807, 2.05) is 0 Å². The Labute approximate surface area is 152 Å². The number of aromatic carboxylic acids is 1. The molecule has 0 spiro atoms. The first kappa shape index (κ1) is 17.5. The normalized spacial score (nSPS) is 12.7. The van der Waals surface area contributed by atoms with Gasteiger partial charge in [0, 0.05) is 18.3 Å². The monoisotopic (exact) mass is 382 g/mol. The van der Waals surface area contributed by atoms with Gasteiger partial charge in [-0.2, -0.15) is 0 Å². The minimum absolute atomic E-state index is 0.0252. The van der Waals surface area contributed by atoms with Gasteiger partial charge in [-0.25, -0.2) is 9.78 Å². The Hall–Kier alpha value is -2.32. The highest BCUT2D eigenvalue weighted by Crippen LogP contribution is 2.38. The third-order valence-corrected chi connectivity index (χ3v) is 4.64. The van der Waals surface area contributed by atoms with Gasteiger partial charge in [-0.15, -0.1) is 11.3 Å². The van der Waals surface area contributed by atoms with Gasteiger partial charge < -0.3 is 19.9 Å². The first-order valence-corrected chi connectivity index (χ1v) is 8.81. The van der Waals surface area contributed by atoms with Gasteiger partial charge in [0.15, 0.2) is 17.2 Å². The molecule has 1 aromatic heterocycles. The van der Waals surface area contributed by atoms with Crippen molar-refractivity contribution in [2.45, 2.75) is 12.8 Å². The number of hydrogen-bond acceptors (Lipinski definition) is 6. The molecular formula is C16H15ClN2O5S. The molecule has 2 aromatic rings. The maximum atomic E-state index is 12.1. The summed E-state index contributed by atoms with van der Waals surface area (Å²) in [6.45, 7) is 1.28. The topological polar surface area (TPSA) is 97.8 Å². The lowest BCUT2D eigenvalue weighted by Gasteiger charge is -2.20. The van der Waals surface area contributed by atoms with Gasteiger partial charge in [0.1, 0.15) is 13.2 Å². The number of amides is 1. The van der Waals surface area contributed by atoms with Crippen molar-refractivity contribution in [1.29, 1.82) is 0 Å². The van der Waals surface area contributed by atoms with Crippen molar-refractivity contribution in [3.8, 4) is 11.5 Å². The van der Waals surface area contributed by atoms with Gasteiger partial charge in [-0.3, -0.25) is 4.79 Å². The van der Waals surface area contributed by atoms with E-state index < -0.39 is 5.97 Å². The molecular weight excluding hydrogens is 368 g/mol. The van der Waals surface area contributed by atoms with Crippen molar-refractivity contribution < 1.29 is 24.2 Å². The summed E-state index contributed by atoms with van der Waals surface area (Å²) >= 11 is 7.41. The summed E-state index contributed by atoms with van der Waals surface area (Å²) in [5.41, 5.74) is 0.756. The lowest BCUT2D eigenvalue weighted by atomic mass is 10.1. The fraction of sp³-hybridized carbons (Fsp3) is 0.312. The molecule has 132 valence electrons. The minimum atomic E-state index is -1.05. The van der Waals surface area contributed by atoms with Crippen LogP contribution in [-0.2, 0) is 17.6 Å². The van der Waals surface area contributed by atoms with Crippen LogP contribution in [0.15, 0.2) is 17.5 Å². The number of halogens is 1. The van der Waals surface area contributed by atoms with Crippen molar-refractivity contribution >= 4 is 34.8 Å². The van der Waals surface area contributed by atoms with Crippen molar-refractivity contribution in [3.05, 3.63) is 38.8 Å². The standard InChI is InChI=1S/C16H15ClN2O5S/c17-10-5-9(6-12-15(10)24-4-3-23-12)7-13(20)18-2-1-14-19-11(8-25-14)16(21)22/h5-6,8H,1-4,7H2,(H,18,20)(H,21,22). The average molecular weight is 383 g/mol. The Morgan fingerprint density at radius 2 is 2.12 bits per heavy atom. The molecule has 0 bridgehead atoms. The van der Waals surface area contributed by atoms with E-state index >= 15 is 0 Å². The lowest BCUT2D eigenvalue weighted by Crippen LogP contribution is -2.27. The molecule has 25 heavy (non-hydrogen) atoms. The summed E-state index contributed by atoms with van der Waals surface area (Å²) in [6, 6.07) is 3.44. The Morgan fingerprint density at radius 1 is 1.32 bits per heavy atom. The van der Waals surface area contributed by atoms with E-state index in [2.05, 4.69) is 10.3 Å². The Bertz CT molecular complexity index is 808. The average Bonchev–Trinajstić information content (AvgIpc) is 3.04. The molecule has 2 heterocycles. The summed E-state index contributed by atoms with van der Waals surface area (Å²) in [6.07, 6.45) is 0.639. The predicted molar refractivity (Wildman–Crippen MR) is 91.9 cm³/mol. The van der Waals surface area contributed by atoms with E-state index in [9.17, 15) is 9.59 Å². The third-order valence-electron chi connectivity index (χ3n) is 3.45. The van der Waals surface area contributed by atoms with Crippen molar-refractivity contribution in [3.63, 3.8) is 0 Å². The highest BCUT2D eigenvalue weighted by molar-refractivity contribution is 7.09. The Morgan fingerprint density at radius 3 is 2.88 bits per heavy atom. The molecule has 0 fully saturated rings. The number of rotatable bonds is 6. The van der Waals surface area contributed by atoms with Gasteiger partial charge in [0.2, 0.25) is 5.91 Å². The van der Waals surface area contributed by atoms with Crippen molar-refractivity contribution in [2.24, 2.45) is 0 Å².